The highest BCUT2D eigenvalue weighted by Gasteiger charge is 2.21. The number of esters is 1. The number of aliphatic carboxylic acids is 1. The van der Waals surface area contributed by atoms with Gasteiger partial charge in [0.05, 0.1) is 0 Å². The lowest BCUT2D eigenvalue weighted by molar-refractivity contribution is -0.171. The summed E-state index contributed by atoms with van der Waals surface area (Å²) in [6.45, 7) is 1.32. The molecular formula is C12H18O7. The van der Waals surface area contributed by atoms with Gasteiger partial charge >= 0.3 is 18.1 Å². The van der Waals surface area contributed by atoms with E-state index in [-0.39, 0.29) is 6.10 Å². The Hall–Kier alpha value is -1.79. The van der Waals surface area contributed by atoms with Crippen LogP contribution in [-0.2, 0) is 23.8 Å². The van der Waals surface area contributed by atoms with E-state index < -0.39 is 30.8 Å². The number of carboxylic acids is 1. The predicted molar refractivity (Wildman–Crippen MR) is 62.2 cm³/mol. The van der Waals surface area contributed by atoms with Gasteiger partial charge < -0.3 is 19.3 Å². The maximum atomic E-state index is 11.4. The van der Waals surface area contributed by atoms with Gasteiger partial charge in [0.25, 0.3) is 0 Å². The zero-order chi connectivity index (χ0) is 14.3. The molecule has 7 heteroatoms. The molecule has 1 N–H and O–H groups in total. The van der Waals surface area contributed by atoms with Crippen LogP contribution >= 0.6 is 0 Å². The first-order chi connectivity index (χ1) is 8.97. The van der Waals surface area contributed by atoms with Gasteiger partial charge in [0, 0.05) is 6.92 Å². The number of ether oxygens (including phenoxy) is 3. The van der Waals surface area contributed by atoms with E-state index in [0.717, 1.165) is 32.1 Å². The summed E-state index contributed by atoms with van der Waals surface area (Å²) in [7, 11) is 0. The number of hydrogen-bond donors (Lipinski definition) is 1. The van der Waals surface area contributed by atoms with Crippen molar-refractivity contribution in [1.82, 2.24) is 0 Å². The second kappa shape index (κ2) is 7.60. The number of rotatable bonds is 5. The topological polar surface area (TPSA) is 99.1 Å². The zero-order valence-corrected chi connectivity index (χ0v) is 10.8. The summed E-state index contributed by atoms with van der Waals surface area (Å²) < 4.78 is 14.3. The Labute approximate surface area is 110 Å². The number of carboxylic acid groups (broad SMARTS) is 1. The van der Waals surface area contributed by atoms with Gasteiger partial charge in [-0.15, -0.1) is 0 Å². The molecule has 0 bridgehead atoms. The minimum Gasteiger partial charge on any atom is -0.481 e. The van der Waals surface area contributed by atoms with Crippen molar-refractivity contribution in [3.63, 3.8) is 0 Å². The average molecular weight is 274 g/mol. The van der Waals surface area contributed by atoms with Crippen molar-refractivity contribution < 1.29 is 33.7 Å². The Bertz CT molecular complexity index is 333. The molecule has 0 radical (unpaired) electrons. The Morgan fingerprint density at radius 3 is 2.37 bits per heavy atom. The first-order valence-electron chi connectivity index (χ1n) is 6.26. The second-order valence-electron chi connectivity index (χ2n) is 4.37. The lowest BCUT2D eigenvalue weighted by Gasteiger charge is -2.22. The van der Waals surface area contributed by atoms with Crippen molar-refractivity contribution in [2.75, 3.05) is 0 Å². The summed E-state index contributed by atoms with van der Waals surface area (Å²) in [5.74, 6) is -2.27. The molecule has 1 aliphatic rings. The number of hydrogen-bond acceptors (Lipinski definition) is 6. The third-order valence-corrected chi connectivity index (χ3v) is 2.67. The van der Waals surface area contributed by atoms with Crippen molar-refractivity contribution in [1.29, 1.82) is 0 Å². The molecule has 0 aliphatic heterocycles. The Morgan fingerprint density at radius 1 is 1.16 bits per heavy atom. The molecule has 0 aromatic rings. The third-order valence-electron chi connectivity index (χ3n) is 2.67. The van der Waals surface area contributed by atoms with E-state index in [1.165, 1.54) is 6.92 Å². The molecule has 7 nitrogen and oxygen atoms in total. The molecule has 0 aromatic carbocycles. The van der Waals surface area contributed by atoms with Crippen LogP contribution in [0, 0.1) is 0 Å². The Balaban J connectivity index is 2.23. The molecule has 1 rings (SSSR count). The molecule has 0 saturated heterocycles. The van der Waals surface area contributed by atoms with Crippen LogP contribution in [0.4, 0.5) is 4.79 Å². The molecule has 0 heterocycles. The maximum Gasteiger partial charge on any atom is 0.511 e. The predicted octanol–water partition coefficient (Wildman–Crippen LogP) is 1.84. The fraction of sp³-hybridized carbons (Fsp3) is 0.750. The van der Waals surface area contributed by atoms with Gasteiger partial charge in [0.1, 0.15) is 12.5 Å². The largest absolute Gasteiger partial charge is 0.511 e. The third kappa shape index (κ3) is 6.64. The van der Waals surface area contributed by atoms with E-state index in [1.807, 2.05) is 0 Å². The van der Waals surface area contributed by atoms with Crippen LogP contribution in [-0.4, -0.2) is 35.6 Å². The average Bonchev–Trinajstić information content (AvgIpc) is 2.28. The summed E-state index contributed by atoms with van der Waals surface area (Å²) in [5, 5.41) is 8.36. The van der Waals surface area contributed by atoms with Gasteiger partial charge in [-0.1, -0.05) is 6.42 Å². The number of carbonyl (C=O) groups is 3. The van der Waals surface area contributed by atoms with Gasteiger partial charge in [-0.25, -0.2) is 4.79 Å². The highest BCUT2D eigenvalue weighted by molar-refractivity contribution is 5.90. The Morgan fingerprint density at radius 2 is 1.79 bits per heavy atom. The lowest BCUT2D eigenvalue weighted by Crippen LogP contribution is -2.27. The standard InChI is InChI=1S/C12H18O7/c1-8(17-11(15)7-10(13)14)18-12(16)19-9-5-3-2-4-6-9/h8-9H,2-7H2,1H3,(H,13,14). The summed E-state index contributed by atoms with van der Waals surface area (Å²) >= 11 is 0. The lowest BCUT2D eigenvalue weighted by atomic mass is 9.98. The highest BCUT2D eigenvalue weighted by Crippen LogP contribution is 2.20. The molecule has 1 atom stereocenters. The molecule has 0 spiro atoms. The minimum absolute atomic E-state index is 0.150. The number of carbonyl (C=O) groups excluding carboxylic acids is 2. The van der Waals surface area contributed by atoms with Crippen LogP contribution in [0.25, 0.3) is 0 Å². The Kier molecular flexibility index (Phi) is 6.11. The first-order valence-corrected chi connectivity index (χ1v) is 6.26. The minimum atomic E-state index is -1.30. The molecule has 19 heavy (non-hydrogen) atoms. The first kappa shape index (κ1) is 15.3. The van der Waals surface area contributed by atoms with Crippen LogP contribution in [0.2, 0.25) is 0 Å². The summed E-state index contributed by atoms with van der Waals surface area (Å²) in [4.78, 5) is 32.6. The second-order valence-corrected chi connectivity index (χ2v) is 4.37. The highest BCUT2D eigenvalue weighted by atomic mass is 16.8. The molecule has 1 aliphatic carbocycles. The van der Waals surface area contributed by atoms with Crippen LogP contribution < -0.4 is 0 Å². The summed E-state index contributed by atoms with van der Waals surface area (Å²) in [6, 6.07) is 0. The van der Waals surface area contributed by atoms with Crippen molar-refractivity contribution in [2.45, 2.75) is 57.8 Å². The molecule has 108 valence electrons. The molecule has 1 saturated carbocycles. The van der Waals surface area contributed by atoms with Gasteiger partial charge in [-0.3, -0.25) is 9.59 Å². The van der Waals surface area contributed by atoms with E-state index in [1.54, 1.807) is 0 Å². The van der Waals surface area contributed by atoms with Crippen molar-refractivity contribution in [3.05, 3.63) is 0 Å². The zero-order valence-electron chi connectivity index (χ0n) is 10.8. The fourth-order valence-electron chi connectivity index (χ4n) is 1.86. The molecule has 0 amide bonds. The van der Waals surface area contributed by atoms with Gasteiger partial charge in [0.2, 0.25) is 6.29 Å². The van der Waals surface area contributed by atoms with E-state index in [2.05, 4.69) is 4.74 Å². The van der Waals surface area contributed by atoms with Crippen LogP contribution in [0.5, 0.6) is 0 Å². The maximum absolute atomic E-state index is 11.4. The van der Waals surface area contributed by atoms with E-state index >= 15 is 0 Å². The van der Waals surface area contributed by atoms with Crippen molar-refractivity contribution >= 4 is 18.1 Å². The quantitative estimate of drug-likeness (QED) is 0.464. The van der Waals surface area contributed by atoms with Gasteiger partial charge in [-0.2, -0.15) is 0 Å². The van der Waals surface area contributed by atoms with E-state index in [0.29, 0.717) is 0 Å². The summed E-state index contributed by atoms with van der Waals surface area (Å²) in [5.41, 5.74) is 0. The van der Waals surface area contributed by atoms with Crippen molar-refractivity contribution in [2.24, 2.45) is 0 Å². The van der Waals surface area contributed by atoms with Crippen LogP contribution in [0.3, 0.4) is 0 Å². The normalized spacial score (nSPS) is 17.3. The molecule has 1 unspecified atom stereocenters. The molecular weight excluding hydrogens is 256 g/mol. The van der Waals surface area contributed by atoms with E-state index in [9.17, 15) is 14.4 Å². The molecule has 0 aromatic heterocycles. The van der Waals surface area contributed by atoms with Crippen LogP contribution in [0.15, 0.2) is 0 Å². The van der Waals surface area contributed by atoms with Crippen molar-refractivity contribution in [3.8, 4) is 0 Å². The SMILES string of the molecule is CC(OC(=O)CC(=O)O)OC(=O)OC1CCCCC1. The smallest absolute Gasteiger partial charge is 0.481 e. The summed E-state index contributed by atoms with van der Waals surface area (Å²) in [6.07, 6.45) is 1.80. The van der Waals surface area contributed by atoms with Gasteiger partial charge in [-0.05, 0) is 25.7 Å². The molecule has 1 fully saturated rings. The monoisotopic (exact) mass is 274 g/mol. The fourth-order valence-corrected chi connectivity index (χ4v) is 1.86. The van der Waals surface area contributed by atoms with Crippen LogP contribution in [0.1, 0.15) is 45.4 Å². The van der Waals surface area contributed by atoms with E-state index in [4.69, 9.17) is 14.6 Å². The van der Waals surface area contributed by atoms with Gasteiger partial charge in [0.15, 0.2) is 0 Å².